The molecule has 0 fully saturated rings. The predicted molar refractivity (Wildman–Crippen MR) is 138 cm³/mol. The normalized spacial score (nSPS) is 11.7. The molecule has 0 aliphatic carbocycles. The third kappa shape index (κ3) is 5.65. The van der Waals surface area contributed by atoms with Crippen LogP contribution >= 0.6 is 0 Å². The molecule has 188 valence electrons. The van der Waals surface area contributed by atoms with Gasteiger partial charge in [0.25, 0.3) is 5.91 Å². The topological polar surface area (TPSA) is 120 Å². The number of hydrogen-bond acceptors (Lipinski definition) is 8. The number of carbonyl (C=O) groups is 2. The van der Waals surface area contributed by atoms with E-state index in [-0.39, 0.29) is 6.61 Å². The number of amides is 1. The number of esters is 1. The summed E-state index contributed by atoms with van der Waals surface area (Å²) in [5.41, 5.74) is 2.34. The summed E-state index contributed by atoms with van der Waals surface area (Å²) < 4.78 is 27.1. The van der Waals surface area contributed by atoms with E-state index in [1.165, 1.54) is 33.3 Å². The van der Waals surface area contributed by atoms with Crippen molar-refractivity contribution in [2.24, 2.45) is 0 Å². The Morgan fingerprint density at radius 2 is 1.78 bits per heavy atom. The average Bonchev–Trinajstić information content (AvgIpc) is 3.27. The predicted octanol–water partition coefficient (Wildman–Crippen LogP) is 5.09. The van der Waals surface area contributed by atoms with Gasteiger partial charge in [-0.05, 0) is 42.8 Å². The summed E-state index contributed by atoms with van der Waals surface area (Å²) in [6.07, 6.45) is 1.64. The van der Waals surface area contributed by atoms with Gasteiger partial charge in [0, 0.05) is 22.9 Å². The molecule has 1 unspecified atom stereocenters. The second kappa shape index (κ2) is 11.2. The molecule has 0 aliphatic heterocycles. The minimum atomic E-state index is -1.08. The number of methoxy groups -OCH3 is 2. The molecule has 9 heteroatoms. The van der Waals surface area contributed by atoms with Gasteiger partial charge in [-0.2, -0.15) is 5.26 Å². The van der Waals surface area contributed by atoms with Crippen molar-refractivity contribution in [1.82, 2.24) is 0 Å². The standard InChI is InChI=1S/C28H24N2O7/c1-17(36-27(31)11-9-18-8-10-23(35-13-12-29)26(14-18)34-3)28(32)30-21-16-24-20(15-25(21)33-2)19-6-4-5-7-22(19)37-24/h4-11,14-17H,13H2,1-3H3,(H,30,32). The number of nitrogens with one attached hydrogen (secondary N) is 1. The Morgan fingerprint density at radius 3 is 2.54 bits per heavy atom. The van der Waals surface area contributed by atoms with Crippen LogP contribution < -0.4 is 19.5 Å². The van der Waals surface area contributed by atoms with Gasteiger partial charge in [0.15, 0.2) is 24.2 Å². The number of furan rings is 1. The average molecular weight is 501 g/mol. The van der Waals surface area contributed by atoms with Crippen molar-refractivity contribution in [3.63, 3.8) is 0 Å². The fourth-order valence-corrected chi connectivity index (χ4v) is 3.70. The third-order valence-corrected chi connectivity index (χ3v) is 5.51. The molecule has 1 heterocycles. The van der Waals surface area contributed by atoms with Gasteiger partial charge in [-0.15, -0.1) is 0 Å². The molecule has 1 aromatic heterocycles. The molecule has 1 N–H and O–H groups in total. The van der Waals surface area contributed by atoms with Gasteiger partial charge < -0.3 is 28.7 Å². The van der Waals surface area contributed by atoms with Crippen LogP contribution in [-0.4, -0.2) is 38.8 Å². The SMILES string of the molecule is COc1cc2c(cc1NC(=O)C(C)OC(=O)C=Cc1ccc(OCC#N)c(OC)c1)oc1ccccc12. The number of ether oxygens (including phenoxy) is 4. The van der Waals surface area contributed by atoms with Crippen molar-refractivity contribution in [3.8, 4) is 23.3 Å². The number of fused-ring (bicyclic) bond motifs is 3. The van der Waals surface area contributed by atoms with Gasteiger partial charge in [0.2, 0.25) is 0 Å². The van der Waals surface area contributed by atoms with Crippen LogP contribution in [0.2, 0.25) is 0 Å². The number of benzene rings is 3. The van der Waals surface area contributed by atoms with E-state index in [9.17, 15) is 9.59 Å². The van der Waals surface area contributed by atoms with Crippen molar-refractivity contribution in [1.29, 1.82) is 5.26 Å². The summed E-state index contributed by atoms with van der Waals surface area (Å²) in [6.45, 7) is 1.35. The van der Waals surface area contributed by atoms with E-state index in [1.807, 2.05) is 30.3 Å². The summed E-state index contributed by atoms with van der Waals surface area (Å²) in [5, 5.41) is 13.2. The van der Waals surface area contributed by atoms with Gasteiger partial charge in [0.05, 0.1) is 19.9 Å². The van der Waals surface area contributed by atoms with Crippen molar-refractivity contribution in [2.45, 2.75) is 13.0 Å². The van der Waals surface area contributed by atoms with Crippen LogP contribution in [0.25, 0.3) is 28.0 Å². The summed E-state index contributed by atoms with van der Waals surface area (Å²) in [5.74, 6) is 0.0310. The second-order valence-corrected chi connectivity index (χ2v) is 7.91. The Bertz CT molecular complexity index is 1530. The molecule has 1 atom stereocenters. The van der Waals surface area contributed by atoms with Crippen molar-refractivity contribution in [3.05, 3.63) is 66.2 Å². The minimum absolute atomic E-state index is 0.115. The highest BCUT2D eigenvalue weighted by molar-refractivity contribution is 6.08. The van der Waals surface area contributed by atoms with E-state index in [0.717, 1.165) is 16.4 Å². The van der Waals surface area contributed by atoms with E-state index in [4.69, 9.17) is 28.6 Å². The highest BCUT2D eigenvalue weighted by atomic mass is 16.5. The molecule has 0 spiro atoms. The number of anilines is 1. The molecular weight excluding hydrogens is 476 g/mol. The number of hydrogen-bond donors (Lipinski definition) is 1. The lowest BCUT2D eigenvalue weighted by molar-refractivity contribution is -0.148. The van der Waals surface area contributed by atoms with Crippen LogP contribution in [0.5, 0.6) is 17.2 Å². The third-order valence-electron chi connectivity index (χ3n) is 5.51. The van der Waals surface area contributed by atoms with Crippen molar-refractivity contribution < 1.29 is 33.0 Å². The van der Waals surface area contributed by atoms with Gasteiger partial charge in [-0.1, -0.05) is 24.3 Å². The van der Waals surface area contributed by atoms with Crippen LogP contribution in [0.1, 0.15) is 12.5 Å². The molecule has 0 bridgehead atoms. The number of nitriles is 1. The molecule has 3 aromatic carbocycles. The lowest BCUT2D eigenvalue weighted by Gasteiger charge is -2.14. The summed E-state index contributed by atoms with van der Waals surface area (Å²) in [4.78, 5) is 25.1. The van der Waals surface area contributed by atoms with E-state index in [1.54, 1.807) is 30.3 Å². The maximum Gasteiger partial charge on any atom is 0.331 e. The molecule has 1 amide bonds. The lowest BCUT2D eigenvalue weighted by atomic mass is 10.1. The van der Waals surface area contributed by atoms with Crippen LogP contribution in [0.4, 0.5) is 5.69 Å². The van der Waals surface area contributed by atoms with Crippen molar-refractivity contribution >= 4 is 45.6 Å². The fourth-order valence-electron chi connectivity index (χ4n) is 3.70. The molecule has 9 nitrogen and oxygen atoms in total. The van der Waals surface area contributed by atoms with Gasteiger partial charge in [-0.25, -0.2) is 4.79 Å². The zero-order valence-corrected chi connectivity index (χ0v) is 20.4. The summed E-state index contributed by atoms with van der Waals surface area (Å²) in [7, 11) is 2.97. The number of rotatable bonds is 9. The number of para-hydroxylation sites is 1. The quantitative estimate of drug-likeness (QED) is 0.249. The molecule has 0 saturated heterocycles. The first-order chi connectivity index (χ1) is 17.9. The van der Waals surface area contributed by atoms with Crippen LogP contribution in [0, 0.1) is 11.3 Å². The van der Waals surface area contributed by atoms with E-state index < -0.39 is 18.0 Å². The van der Waals surface area contributed by atoms with Crippen LogP contribution in [-0.2, 0) is 14.3 Å². The molecule has 4 aromatic rings. The van der Waals surface area contributed by atoms with Gasteiger partial charge in [-0.3, -0.25) is 4.79 Å². The number of carbonyl (C=O) groups excluding carboxylic acids is 2. The lowest BCUT2D eigenvalue weighted by Crippen LogP contribution is -2.29. The molecule has 37 heavy (non-hydrogen) atoms. The van der Waals surface area contributed by atoms with E-state index in [2.05, 4.69) is 5.32 Å². The Kier molecular flexibility index (Phi) is 7.59. The Balaban J connectivity index is 1.42. The van der Waals surface area contributed by atoms with Gasteiger partial charge in [0.1, 0.15) is 23.0 Å². The van der Waals surface area contributed by atoms with Crippen LogP contribution in [0.3, 0.4) is 0 Å². The van der Waals surface area contributed by atoms with Gasteiger partial charge >= 0.3 is 5.97 Å². The highest BCUT2D eigenvalue weighted by Gasteiger charge is 2.20. The minimum Gasteiger partial charge on any atom is -0.495 e. The fraction of sp³-hybridized carbons (Fsp3) is 0.179. The monoisotopic (exact) mass is 500 g/mol. The van der Waals surface area contributed by atoms with E-state index in [0.29, 0.717) is 34.1 Å². The number of nitrogens with zero attached hydrogens (tertiary/aromatic N) is 1. The Hall–Kier alpha value is -4.97. The van der Waals surface area contributed by atoms with E-state index >= 15 is 0 Å². The molecule has 0 radical (unpaired) electrons. The maximum atomic E-state index is 12.8. The van der Waals surface area contributed by atoms with Crippen molar-refractivity contribution in [2.75, 3.05) is 26.1 Å². The second-order valence-electron chi connectivity index (χ2n) is 7.91. The summed E-state index contributed by atoms with van der Waals surface area (Å²) in [6, 6.07) is 17.9. The summed E-state index contributed by atoms with van der Waals surface area (Å²) >= 11 is 0. The first-order valence-corrected chi connectivity index (χ1v) is 11.3. The molecular formula is C28H24N2O7. The Labute approximate surface area is 212 Å². The molecule has 0 aliphatic rings. The van der Waals surface area contributed by atoms with Crippen LogP contribution in [0.15, 0.2) is 65.1 Å². The smallest absolute Gasteiger partial charge is 0.331 e. The first-order valence-electron chi connectivity index (χ1n) is 11.3. The highest BCUT2D eigenvalue weighted by Crippen LogP contribution is 2.36. The maximum absolute atomic E-state index is 12.8. The molecule has 0 saturated carbocycles. The first kappa shape index (κ1) is 25.1. The zero-order chi connectivity index (χ0) is 26.4. The molecule has 4 rings (SSSR count). The zero-order valence-electron chi connectivity index (χ0n) is 20.4. The Morgan fingerprint density at radius 1 is 1.00 bits per heavy atom. The largest absolute Gasteiger partial charge is 0.495 e.